The largest absolute Gasteiger partial charge is 0.481 e. The minimum atomic E-state index is -0.793. The van der Waals surface area contributed by atoms with Crippen LogP contribution in [-0.2, 0) is 9.53 Å². The number of ether oxygens (including phenoxy) is 1. The van der Waals surface area contributed by atoms with Crippen LogP contribution in [0.2, 0.25) is 0 Å². The molecule has 1 saturated heterocycles. The lowest BCUT2D eigenvalue weighted by Gasteiger charge is -2.23. The summed E-state index contributed by atoms with van der Waals surface area (Å²) in [5.74, 6) is -1.15. The molecular weight excluding hydrogens is 236 g/mol. The van der Waals surface area contributed by atoms with Crippen LogP contribution in [0.5, 0.6) is 0 Å². The molecule has 1 aliphatic rings. The molecule has 1 fully saturated rings. The summed E-state index contributed by atoms with van der Waals surface area (Å²) in [6.45, 7) is 3.51. The van der Waals surface area contributed by atoms with Crippen LogP contribution in [-0.4, -0.2) is 42.9 Å². The molecular formula is C12H22N2O4. The molecule has 18 heavy (non-hydrogen) atoms. The Bertz CT molecular complexity index is 277. The molecule has 2 amide bonds. The topological polar surface area (TPSA) is 87.7 Å². The Balaban J connectivity index is 2.04. The van der Waals surface area contributed by atoms with E-state index in [4.69, 9.17) is 9.84 Å². The predicted octanol–water partition coefficient (Wildman–Crippen LogP) is 0.965. The van der Waals surface area contributed by atoms with Gasteiger partial charge in [0.15, 0.2) is 0 Å². The van der Waals surface area contributed by atoms with Crippen molar-refractivity contribution in [1.29, 1.82) is 0 Å². The Hall–Kier alpha value is -1.30. The van der Waals surface area contributed by atoms with E-state index in [0.717, 1.165) is 19.4 Å². The monoisotopic (exact) mass is 258 g/mol. The molecule has 6 nitrogen and oxygen atoms in total. The summed E-state index contributed by atoms with van der Waals surface area (Å²) >= 11 is 0. The zero-order chi connectivity index (χ0) is 13.4. The van der Waals surface area contributed by atoms with Gasteiger partial charge in [0.1, 0.15) is 0 Å². The van der Waals surface area contributed by atoms with Crippen molar-refractivity contribution in [2.24, 2.45) is 5.92 Å². The van der Waals surface area contributed by atoms with E-state index in [2.05, 4.69) is 10.6 Å². The molecule has 0 bridgehead atoms. The van der Waals surface area contributed by atoms with Crippen LogP contribution in [0.4, 0.5) is 4.79 Å². The second-order valence-electron chi connectivity index (χ2n) is 4.70. The van der Waals surface area contributed by atoms with Crippen molar-refractivity contribution in [2.45, 2.75) is 38.6 Å². The molecule has 3 N–H and O–H groups in total. The summed E-state index contributed by atoms with van der Waals surface area (Å²) in [5, 5.41) is 14.3. The first-order valence-corrected chi connectivity index (χ1v) is 6.44. The molecule has 1 rings (SSSR count). The van der Waals surface area contributed by atoms with Crippen molar-refractivity contribution in [1.82, 2.24) is 10.6 Å². The molecule has 2 unspecified atom stereocenters. The Kier molecular flexibility index (Phi) is 6.49. The van der Waals surface area contributed by atoms with Crippen LogP contribution in [0, 0.1) is 5.92 Å². The second-order valence-corrected chi connectivity index (χ2v) is 4.70. The average Bonchev–Trinajstić information content (AvgIpc) is 2.35. The van der Waals surface area contributed by atoms with E-state index in [1.165, 1.54) is 0 Å². The highest BCUT2D eigenvalue weighted by Crippen LogP contribution is 2.06. The number of aliphatic carboxylic acids is 1. The highest BCUT2D eigenvalue weighted by atomic mass is 16.5. The maximum Gasteiger partial charge on any atom is 0.315 e. The lowest BCUT2D eigenvalue weighted by molar-refractivity contribution is -0.141. The molecule has 6 heteroatoms. The number of urea groups is 1. The summed E-state index contributed by atoms with van der Waals surface area (Å²) in [4.78, 5) is 22.1. The maximum absolute atomic E-state index is 11.5. The minimum absolute atomic E-state index is 0.0942. The van der Waals surface area contributed by atoms with Crippen LogP contribution in [0.15, 0.2) is 0 Å². The van der Waals surface area contributed by atoms with Gasteiger partial charge in [-0.1, -0.05) is 6.92 Å². The van der Waals surface area contributed by atoms with Crippen LogP contribution in [0.3, 0.4) is 0 Å². The van der Waals surface area contributed by atoms with E-state index in [1.807, 2.05) is 0 Å². The fourth-order valence-corrected chi connectivity index (χ4v) is 1.82. The van der Waals surface area contributed by atoms with Gasteiger partial charge in [-0.3, -0.25) is 4.79 Å². The van der Waals surface area contributed by atoms with Crippen LogP contribution in [0.1, 0.15) is 32.6 Å². The van der Waals surface area contributed by atoms with Crippen molar-refractivity contribution in [2.75, 3.05) is 19.8 Å². The third kappa shape index (κ3) is 5.86. The first-order chi connectivity index (χ1) is 8.59. The zero-order valence-electron chi connectivity index (χ0n) is 10.8. The first kappa shape index (κ1) is 14.8. The number of carbonyl (C=O) groups excluding carboxylic acids is 1. The van der Waals surface area contributed by atoms with Crippen LogP contribution in [0.25, 0.3) is 0 Å². The van der Waals surface area contributed by atoms with Gasteiger partial charge in [0.25, 0.3) is 0 Å². The number of hydrogen-bond donors (Lipinski definition) is 3. The van der Waals surface area contributed by atoms with Gasteiger partial charge < -0.3 is 20.5 Å². The fraction of sp³-hybridized carbons (Fsp3) is 0.833. The maximum atomic E-state index is 11.5. The fourth-order valence-electron chi connectivity index (χ4n) is 1.82. The van der Waals surface area contributed by atoms with Crippen molar-refractivity contribution in [3.8, 4) is 0 Å². The molecule has 0 aromatic carbocycles. The molecule has 0 spiro atoms. The Labute approximate surface area is 107 Å². The van der Waals surface area contributed by atoms with E-state index >= 15 is 0 Å². The summed E-state index contributed by atoms with van der Waals surface area (Å²) in [7, 11) is 0. The van der Waals surface area contributed by atoms with Crippen molar-refractivity contribution >= 4 is 12.0 Å². The highest BCUT2D eigenvalue weighted by molar-refractivity contribution is 5.74. The predicted molar refractivity (Wildman–Crippen MR) is 66.4 cm³/mol. The number of rotatable bonds is 6. The number of amides is 2. The van der Waals surface area contributed by atoms with Crippen LogP contribution < -0.4 is 10.6 Å². The first-order valence-electron chi connectivity index (χ1n) is 6.44. The van der Waals surface area contributed by atoms with Gasteiger partial charge in [-0.15, -0.1) is 0 Å². The molecule has 1 heterocycles. The van der Waals surface area contributed by atoms with Crippen molar-refractivity contribution < 1.29 is 19.4 Å². The van der Waals surface area contributed by atoms with E-state index < -0.39 is 5.97 Å². The molecule has 0 radical (unpaired) electrons. The van der Waals surface area contributed by atoms with Crippen molar-refractivity contribution in [3.63, 3.8) is 0 Å². The quantitative estimate of drug-likeness (QED) is 0.619. The average molecular weight is 258 g/mol. The third-order valence-electron chi connectivity index (χ3n) is 3.02. The van der Waals surface area contributed by atoms with Gasteiger partial charge in [-0.25, -0.2) is 4.79 Å². The molecule has 0 saturated carbocycles. The molecule has 1 aliphatic heterocycles. The highest BCUT2D eigenvalue weighted by Gasteiger charge is 2.16. The lowest BCUT2D eigenvalue weighted by atomic mass is 10.1. The second kappa shape index (κ2) is 7.92. The van der Waals surface area contributed by atoms with Gasteiger partial charge >= 0.3 is 12.0 Å². The summed E-state index contributed by atoms with van der Waals surface area (Å²) in [6.07, 6.45) is 3.16. The molecule has 0 aromatic heterocycles. The normalized spacial score (nSPS) is 21.1. The Morgan fingerprint density at radius 1 is 1.50 bits per heavy atom. The number of hydrogen-bond acceptors (Lipinski definition) is 3. The molecule has 2 atom stereocenters. The van der Waals surface area contributed by atoms with Gasteiger partial charge in [0, 0.05) is 13.2 Å². The number of carbonyl (C=O) groups is 2. The summed E-state index contributed by atoms with van der Waals surface area (Å²) in [6, 6.07) is -0.106. The number of nitrogens with one attached hydrogen (secondary N) is 2. The number of carboxylic acids is 1. The van der Waals surface area contributed by atoms with Crippen molar-refractivity contribution in [3.05, 3.63) is 0 Å². The number of carboxylic acid groups (broad SMARTS) is 1. The van der Waals surface area contributed by atoms with Crippen LogP contribution >= 0.6 is 0 Å². The Morgan fingerprint density at radius 3 is 2.89 bits per heavy atom. The molecule has 104 valence electrons. The van der Waals surface area contributed by atoms with Gasteiger partial charge in [-0.05, 0) is 25.7 Å². The van der Waals surface area contributed by atoms with Gasteiger partial charge in [0.2, 0.25) is 0 Å². The van der Waals surface area contributed by atoms with Gasteiger partial charge in [0.05, 0.1) is 18.6 Å². The zero-order valence-corrected chi connectivity index (χ0v) is 10.8. The molecule has 0 aromatic rings. The van der Waals surface area contributed by atoms with Gasteiger partial charge in [-0.2, -0.15) is 0 Å². The minimum Gasteiger partial charge on any atom is -0.481 e. The smallest absolute Gasteiger partial charge is 0.315 e. The third-order valence-corrected chi connectivity index (χ3v) is 3.02. The van der Waals surface area contributed by atoms with E-state index in [9.17, 15) is 9.59 Å². The van der Waals surface area contributed by atoms with E-state index in [1.54, 1.807) is 6.92 Å². The lowest BCUT2D eigenvalue weighted by Crippen LogP contribution is -2.46. The summed E-state index contributed by atoms with van der Waals surface area (Å²) < 4.78 is 5.26. The summed E-state index contributed by atoms with van der Waals surface area (Å²) in [5.41, 5.74) is 0. The molecule has 0 aliphatic carbocycles. The standard InChI is InChI=1S/C12H22N2O4/c1-9(11(15)16)4-2-6-13-12(17)14-10-5-3-7-18-8-10/h9-10H,2-8H2,1H3,(H,15,16)(H2,13,14,17). The van der Waals surface area contributed by atoms with E-state index in [-0.39, 0.29) is 18.0 Å². The van der Waals surface area contributed by atoms with E-state index in [0.29, 0.717) is 26.0 Å². The Morgan fingerprint density at radius 2 is 2.28 bits per heavy atom. The SMILES string of the molecule is CC(CCCNC(=O)NC1CCCOC1)C(=O)O.